The lowest BCUT2D eigenvalue weighted by molar-refractivity contribution is -0.121. The van der Waals surface area contributed by atoms with E-state index in [1.807, 2.05) is 0 Å². The van der Waals surface area contributed by atoms with Crippen LogP contribution in [0.4, 0.5) is 0 Å². The van der Waals surface area contributed by atoms with Crippen LogP contribution < -0.4 is 0 Å². The molecular formula is C24H40O12Si4. The van der Waals surface area contributed by atoms with Gasteiger partial charge in [-0.05, 0) is 103 Å². The van der Waals surface area contributed by atoms with E-state index in [4.69, 9.17) is 51.9 Å². The topological polar surface area (TPSA) is 111 Å². The zero-order valence-corrected chi connectivity index (χ0v) is 26.8. The van der Waals surface area contributed by atoms with Gasteiger partial charge in [-0.25, -0.2) is 0 Å². The van der Waals surface area contributed by atoms with Crippen molar-refractivity contribution in [1.29, 1.82) is 0 Å². The normalized spacial score (nSPS) is 34.8. The van der Waals surface area contributed by atoms with Crippen molar-refractivity contribution in [2.24, 2.45) is 0 Å². The summed E-state index contributed by atoms with van der Waals surface area (Å²) >= 11 is 0. The molecule has 0 aromatic carbocycles. The first-order valence-electron chi connectivity index (χ1n) is 15.7. The van der Waals surface area contributed by atoms with Crippen molar-refractivity contribution in [2.45, 2.75) is 152 Å². The number of rotatable bonds is 16. The standard InChI is InChI=1S/C24H40O12Si4/c1-2-17(1)25-37(26-18-3-4-18)33-38(27-19-5-6-19,28-20-7-8-20)35-40(31-23-13-14-23,32-24-15-16-24)36-39(34-37,29-21-9-10-21)30-22-11-12-22/h17-24H,1-16H2. The van der Waals surface area contributed by atoms with Crippen molar-refractivity contribution in [3.63, 3.8) is 0 Å². The quantitative estimate of drug-likeness (QED) is 0.233. The molecule has 1 heterocycles. The largest absolute Gasteiger partial charge is 0.668 e. The summed E-state index contributed by atoms with van der Waals surface area (Å²) in [6.07, 6.45) is 14.4. The summed E-state index contributed by atoms with van der Waals surface area (Å²) in [7, 11) is -16.1. The fourth-order valence-electron chi connectivity index (χ4n) is 4.31. The van der Waals surface area contributed by atoms with Crippen LogP contribution in [0.15, 0.2) is 0 Å². The lowest BCUT2D eigenvalue weighted by Gasteiger charge is -2.46. The van der Waals surface area contributed by atoms with Crippen LogP contribution in [0.3, 0.4) is 0 Å². The van der Waals surface area contributed by atoms with E-state index in [2.05, 4.69) is 0 Å². The van der Waals surface area contributed by atoms with Crippen LogP contribution in [0.5, 0.6) is 0 Å². The van der Waals surface area contributed by atoms with E-state index in [0.29, 0.717) is 0 Å². The molecule has 0 aromatic rings. The van der Waals surface area contributed by atoms with E-state index in [1.165, 1.54) is 0 Å². The summed E-state index contributed by atoms with van der Waals surface area (Å²) in [6, 6.07) is 0. The minimum Gasteiger partial charge on any atom is -0.349 e. The third-order valence-electron chi connectivity index (χ3n) is 7.68. The Bertz CT molecular complexity index is 738. The highest BCUT2D eigenvalue weighted by Gasteiger charge is 2.79. The average Bonchev–Trinajstić information content (AvgIpc) is 3.65. The first-order valence-corrected chi connectivity index (χ1v) is 22.2. The third-order valence-corrected chi connectivity index (χ3v) is 20.7. The van der Waals surface area contributed by atoms with Crippen molar-refractivity contribution < 1.29 is 51.9 Å². The number of hydrogen-bond acceptors (Lipinski definition) is 12. The summed E-state index contributed by atoms with van der Waals surface area (Å²) in [5.74, 6) is 0. The third kappa shape index (κ3) is 6.87. The fourth-order valence-corrected chi connectivity index (χ4v) is 19.8. The predicted octanol–water partition coefficient (Wildman–Crippen LogP) is 3.24. The van der Waals surface area contributed by atoms with Gasteiger partial charge in [-0.2, -0.15) is 0 Å². The highest BCUT2D eigenvalue weighted by molar-refractivity contribution is 6.83. The molecule has 9 aliphatic rings. The first-order chi connectivity index (χ1) is 19.5. The molecule has 1 saturated heterocycles. The second-order valence-corrected chi connectivity index (χ2v) is 22.1. The second-order valence-electron chi connectivity index (χ2n) is 12.9. The molecule has 1 aliphatic heterocycles. The van der Waals surface area contributed by atoms with Crippen LogP contribution in [0.1, 0.15) is 103 Å². The van der Waals surface area contributed by atoms with Gasteiger partial charge in [-0.1, -0.05) is 0 Å². The van der Waals surface area contributed by atoms with E-state index in [1.54, 1.807) is 0 Å². The van der Waals surface area contributed by atoms with Crippen molar-refractivity contribution in [2.75, 3.05) is 0 Å². The van der Waals surface area contributed by atoms with Crippen LogP contribution in [-0.2, 0) is 51.9 Å². The maximum Gasteiger partial charge on any atom is 0.668 e. The van der Waals surface area contributed by atoms with Crippen molar-refractivity contribution >= 4 is 36.2 Å². The summed E-state index contributed by atoms with van der Waals surface area (Å²) in [5.41, 5.74) is 0. The lowest BCUT2D eigenvalue weighted by atomic mass is 10.9. The monoisotopic (exact) mass is 632 g/mol. The van der Waals surface area contributed by atoms with Crippen molar-refractivity contribution in [3.8, 4) is 0 Å². The summed E-state index contributed by atoms with van der Waals surface area (Å²) in [4.78, 5) is 0. The van der Waals surface area contributed by atoms with Crippen molar-refractivity contribution in [3.05, 3.63) is 0 Å². The summed E-state index contributed by atoms with van der Waals surface area (Å²) < 4.78 is 81.2. The molecule has 12 nitrogen and oxygen atoms in total. The minimum atomic E-state index is -4.02. The van der Waals surface area contributed by atoms with Crippen LogP contribution in [0.2, 0.25) is 0 Å². The fraction of sp³-hybridized carbons (Fsp3) is 1.00. The van der Waals surface area contributed by atoms with Gasteiger partial charge in [0, 0.05) is 0 Å². The molecule has 0 atom stereocenters. The highest BCUT2D eigenvalue weighted by Crippen LogP contribution is 2.48. The molecule has 224 valence electrons. The van der Waals surface area contributed by atoms with Crippen LogP contribution in [-0.4, -0.2) is 85.0 Å². The molecular weight excluding hydrogens is 593 g/mol. The Morgan fingerprint density at radius 2 is 0.375 bits per heavy atom. The van der Waals surface area contributed by atoms with Crippen LogP contribution in [0, 0.1) is 0 Å². The second kappa shape index (κ2) is 9.95. The molecule has 9 rings (SSSR count). The Labute approximate surface area is 239 Å². The van der Waals surface area contributed by atoms with Crippen LogP contribution in [0.25, 0.3) is 0 Å². The molecule has 0 bridgehead atoms. The van der Waals surface area contributed by atoms with Gasteiger partial charge < -0.3 is 51.9 Å². The molecule has 9 fully saturated rings. The minimum absolute atomic E-state index is 0.0284. The van der Waals surface area contributed by atoms with E-state index >= 15 is 0 Å². The van der Waals surface area contributed by atoms with E-state index in [-0.39, 0.29) is 48.8 Å². The van der Waals surface area contributed by atoms with Gasteiger partial charge in [-0.15, -0.1) is 0 Å². The van der Waals surface area contributed by atoms with Crippen molar-refractivity contribution in [1.82, 2.24) is 0 Å². The number of hydrogen-bond donors (Lipinski definition) is 0. The predicted molar refractivity (Wildman–Crippen MR) is 140 cm³/mol. The van der Waals surface area contributed by atoms with E-state index in [0.717, 1.165) is 103 Å². The van der Waals surface area contributed by atoms with Gasteiger partial charge in [0.25, 0.3) is 0 Å². The molecule has 16 heteroatoms. The van der Waals surface area contributed by atoms with Gasteiger partial charge in [0.05, 0.1) is 48.8 Å². The smallest absolute Gasteiger partial charge is 0.349 e. The molecule has 40 heavy (non-hydrogen) atoms. The molecule has 8 aliphatic carbocycles. The highest BCUT2D eigenvalue weighted by atomic mass is 28.6. The van der Waals surface area contributed by atoms with E-state index < -0.39 is 36.2 Å². The molecule has 8 saturated carbocycles. The summed E-state index contributed by atoms with van der Waals surface area (Å²) in [5, 5.41) is 0. The maximum atomic E-state index is 7.00. The van der Waals surface area contributed by atoms with E-state index in [9.17, 15) is 0 Å². The Morgan fingerprint density at radius 1 is 0.250 bits per heavy atom. The Hall–Kier alpha value is 0.388. The molecule has 0 radical (unpaired) electrons. The zero-order valence-electron chi connectivity index (χ0n) is 22.8. The first kappa shape index (κ1) is 26.8. The average molecular weight is 633 g/mol. The maximum absolute atomic E-state index is 7.00. The molecule has 0 amide bonds. The lowest BCUT2D eigenvalue weighted by Crippen LogP contribution is -2.77. The van der Waals surface area contributed by atoms with Gasteiger partial charge >= 0.3 is 36.2 Å². The van der Waals surface area contributed by atoms with Gasteiger partial charge in [0.2, 0.25) is 0 Å². The summed E-state index contributed by atoms with van der Waals surface area (Å²) in [6.45, 7) is 0. The molecule has 0 N–H and O–H groups in total. The molecule has 0 spiro atoms. The zero-order chi connectivity index (χ0) is 26.4. The Kier molecular flexibility index (Phi) is 6.65. The molecule has 0 aromatic heterocycles. The molecule has 0 unspecified atom stereocenters. The Balaban J connectivity index is 1.15. The Morgan fingerprint density at radius 3 is 0.475 bits per heavy atom. The van der Waals surface area contributed by atoms with Gasteiger partial charge in [-0.3, -0.25) is 0 Å². The van der Waals surface area contributed by atoms with Gasteiger partial charge in [0.1, 0.15) is 0 Å². The van der Waals surface area contributed by atoms with Gasteiger partial charge in [0.15, 0.2) is 0 Å². The SMILES string of the molecule is C1CC1O[Si]1(OC2CC2)O[Si](OC2CC2)(OC2CC2)O[Si](OC2CC2)(OC2CC2)O[Si](OC2CC2)(OC2CC2)O1. The van der Waals surface area contributed by atoms with Crippen LogP contribution >= 0.6 is 0 Å².